The maximum atomic E-state index is 11.3. The highest BCUT2D eigenvalue weighted by atomic mass is 16.2. The van der Waals surface area contributed by atoms with Crippen molar-refractivity contribution in [2.24, 2.45) is 0 Å². The minimum absolute atomic E-state index is 0.234. The standard InChI is InChI=1S/C7H10BN3O2/c1-2-3-11-6(12)4(8)5(9)10-7(11)13/h4H,2-3H2,1H3,(H2,9,10,13). The van der Waals surface area contributed by atoms with Crippen LogP contribution in [0.2, 0.25) is 5.82 Å². The Labute approximate surface area is 77.4 Å². The Kier molecular flexibility index (Phi) is 2.70. The Morgan fingerprint density at radius 2 is 2.23 bits per heavy atom. The molecule has 1 rings (SSSR count). The molecule has 2 radical (unpaired) electrons. The van der Waals surface area contributed by atoms with Crippen LogP contribution in [-0.2, 0) is 4.79 Å². The highest BCUT2D eigenvalue weighted by Gasteiger charge is 2.33. The van der Waals surface area contributed by atoms with E-state index in [1.54, 1.807) is 0 Å². The molecule has 0 aliphatic carbocycles. The van der Waals surface area contributed by atoms with Gasteiger partial charge >= 0.3 is 6.03 Å². The molecule has 1 heterocycles. The van der Waals surface area contributed by atoms with Gasteiger partial charge in [0.1, 0.15) is 5.84 Å². The molecule has 1 fully saturated rings. The molecule has 1 saturated heterocycles. The molecule has 3 amide bonds. The van der Waals surface area contributed by atoms with E-state index >= 15 is 0 Å². The second kappa shape index (κ2) is 3.59. The molecule has 0 bridgehead atoms. The summed E-state index contributed by atoms with van der Waals surface area (Å²) in [5.74, 6) is -1.76. The third-order valence-corrected chi connectivity index (χ3v) is 1.78. The molecular formula is C7H10BN3O2. The number of imide groups is 1. The molecule has 5 nitrogen and oxygen atoms in total. The lowest BCUT2D eigenvalue weighted by Gasteiger charge is -2.29. The summed E-state index contributed by atoms with van der Waals surface area (Å²) in [7, 11) is 5.37. The van der Waals surface area contributed by atoms with Crippen LogP contribution in [0.1, 0.15) is 13.3 Å². The van der Waals surface area contributed by atoms with Gasteiger partial charge in [0, 0.05) is 6.54 Å². The Balaban J connectivity index is 2.79. The summed E-state index contributed by atoms with van der Waals surface area (Å²) in [5.41, 5.74) is 0. The van der Waals surface area contributed by atoms with Crippen LogP contribution in [-0.4, -0.2) is 37.1 Å². The van der Waals surface area contributed by atoms with Crippen LogP contribution in [0.25, 0.3) is 0 Å². The zero-order chi connectivity index (χ0) is 10.0. The first-order chi connectivity index (χ1) is 6.07. The highest BCUT2D eigenvalue weighted by Crippen LogP contribution is 2.12. The van der Waals surface area contributed by atoms with Gasteiger partial charge in [-0.3, -0.25) is 20.4 Å². The van der Waals surface area contributed by atoms with Crippen LogP contribution in [0.4, 0.5) is 4.79 Å². The van der Waals surface area contributed by atoms with E-state index in [9.17, 15) is 9.59 Å². The molecule has 2 N–H and O–H groups in total. The van der Waals surface area contributed by atoms with Crippen molar-refractivity contribution in [1.29, 1.82) is 5.41 Å². The first-order valence-corrected chi connectivity index (χ1v) is 4.04. The van der Waals surface area contributed by atoms with Crippen LogP contribution in [0, 0.1) is 5.41 Å². The van der Waals surface area contributed by atoms with Crippen molar-refractivity contribution in [2.45, 2.75) is 19.2 Å². The predicted molar refractivity (Wildman–Crippen MR) is 47.8 cm³/mol. The first kappa shape index (κ1) is 9.76. The molecule has 1 aliphatic heterocycles. The van der Waals surface area contributed by atoms with Gasteiger partial charge in [0.15, 0.2) is 0 Å². The second-order valence-electron chi connectivity index (χ2n) is 2.81. The van der Waals surface area contributed by atoms with Gasteiger partial charge in [0.05, 0.1) is 13.7 Å². The number of carbonyl (C=O) groups excluding carboxylic acids is 2. The molecule has 1 atom stereocenters. The third-order valence-electron chi connectivity index (χ3n) is 1.78. The summed E-state index contributed by atoms with van der Waals surface area (Å²) in [6, 6.07) is -0.557. The Hall–Kier alpha value is -1.33. The molecule has 13 heavy (non-hydrogen) atoms. The SMILES string of the molecule is [B]C1C(=N)NC(=O)N(CCC)C1=O. The van der Waals surface area contributed by atoms with Crippen molar-refractivity contribution in [3.8, 4) is 0 Å². The lowest BCUT2D eigenvalue weighted by atomic mass is 9.83. The van der Waals surface area contributed by atoms with Crippen LogP contribution >= 0.6 is 0 Å². The highest BCUT2D eigenvalue weighted by molar-refractivity contribution is 6.40. The van der Waals surface area contributed by atoms with Gasteiger partial charge in [-0.2, -0.15) is 0 Å². The molecule has 0 spiro atoms. The maximum absolute atomic E-state index is 11.3. The van der Waals surface area contributed by atoms with Crippen LogP contribution in [0.3, 0.4) is 0 Å². The van der Waals surface area contributed by atoms with Crippen LogP contribution in [0.5, 0.6) is 0 Å². The monoisotopic (exact) mass is 179 g/mol. The molecular weight excluding hydrogens is 169 g/mol. The van der Waals surface area contributed by atoms with Gasteiger partial charge in [-0.1, -0.05) is 6.92 Å². The smallest absolute Gasteiger partial charge is 0.296 e. The summed E-state index contributed by atoms with van der Waals surface area (Å²) in [5, 5.41) is 9.39. The zero-order valence-electron chi connectivity index (χ0n) is 7.33. The predicted octanol–water partition coefficient (Wildman–Crippen LogP) is -0.118. The average molecular weight is 179 g/mol. The van der Waals surface area contributed by atoms with E-state index in [1.807, 2.05) is 6.92 Å². The summed E-state index contributed by atoms with van der Waals surface area (Å²) in [6.07, 6.45) is 0.680. The van der Waals surface area contributed by atoms with E-state index in [-0.39, 0.29) is 5.84 Å². The van der Waals surface area contributed by atoms with Gasteiger partial charge in [-0.15, -0.1) is 0 Å². The summed E-state index contributed by atoms with van der Waals surface area (Å²) < 4.78 is 0. The van der Waals surface area contributed by atoms with Gasteiger partial charge in [-0.25, -0.2) is 4.79 Å². The summed E-state index contributed by atoms with van der Waals surface area (Å²) in [4.78, 5) is 23.5. The number of amidine groups is 1. The molecule has 0 aromatic carbocycles. The fourth-order valence-corrected chi connectivity index (χ4v) is 1.09. The van der Waals surface area contributed by atoms with E-state index in [1.165, 1.54) is 0 Å². The topological polar surface area (TPSA) is 73.3 Å². The lowest BCUT2D eigenvalue weighted by Crippen LogP contribution is -2.55. The molecule has 0 aromatic heterocycles. The molecule has 6 heteroatoms. The van der Waals surface area contributed by atoms with Gasteiger partial charge in [0.25, 0.3) is 0 Å². The van der Waals surface area contributed by atoms with Crippen molar-refractivity contribution < 1.29 is 9.59 Å². The van der Waals surface area contributed by atoms with Gasteiger partial charge in [-0.05, 0) is 6.42 Å². The van der Waals surface area contributed by atoms with E-state index in [4.69, 9.17) is 13.3 Å². The molecule has 1 unspecified atom stereocenters. The Bertz CT molecular complexity index is 266. The minimum atomic E-state index is -1.02. The number of hydrogen-bond acceptors (Lipinski definition) is 3. The molecule has 0 aromatic rings. The number of carbonyl (C=O) groups is 2. The minimum Gasteiger partial charge on any atom is -0.296 e. The van der Waals surface area contributed by atoms with Crippen molar-refractivity contribution in [3.63, 3.8) is 0 Å². The zero-order valence-corrected chi connectivity index (χ0v) is 7.33. The number of hydrogen-bond donors (Lipinski definition) is 2. The Morgan fingerprint density at radius 3 is 2.77 bits per heavy atom. The molecule has 0 saturated carbocycles. The van der Waals surface area contributed by atoms with E-state index in [0.717, 1.165) is 4.90 Å². The van der Waals surface area contributed by atoms with Crippen molar-refractivity contribution in [1.82, 2.24) is 10.2 Å². The summed E-state index contributed by atoms with van der Waals surface area (Å²) >= 11 is 0. The number of urea groups is 1. The van der Waals surface area contributed by atoms with E-state index in [2.05, 4.69) is 5.32 Å². The Morgan fingerprint density at radius 1 is 1.62 bits per heavy atom. The number of amides is 3. The normalized spacial score (nSPS) is 23.3. The second-order valence-corrected chi connectivity index (χ2v) is 2.81. The fraction of sp³-hybridized carbons (Fsp3) is 0.571. The number of nitrogens with zero attached hydrogens (tertiary/aromatic N) is 1. The first-order valence-electron chi connectivity index (χ1n) is 4.04. The number of nitrogens with one attached hydrogen (secondary N) is 2. The van der Waals surface area contributed by atoms with Crippen molar-refractivity contribution in [3.05, 3.63) is 0 Å². The van der Waals surface area contributed by atoms with Crippen molar-refractivity contribution in [2.75, 3.05) is 6.54 Å². The van der Waals surface area contributed by atoms with E-state index < -0.39 is 17.8 Å². The lowest BCUT2D eigenvalue weighted by molar-refractivity contribution is -0.127. The summed E-state index contributed by atoms with van der Waals surface area (Å²) in [6.45, 7) is 2.19. The third kappa shape index (κ3) is 1.71. The van der Waals surface area contributed by atoms with Gasteiger partial charge in [0.2, 0.25) is 5.91 Å². The molecule has 1 aliphatic rings. The molecule has 68 valence electrons. The quantitative estimate of drug-likeness (QED) is 0.580. The van der Waals surface area contributed by atoms with Crippen molar-refractivity contribution >= 4 is 25.6 Å². The van der Waals surface area contributed by atoms with Crippen LogP contribution < -0.4 is 5.32 Å². The largest absolute Gasteiger partial charge is 0.329 e. The average Bonchev–Trinajstić information content (AvgIpc) is 2.09. The van der Waals surface area contributed by atoms with Gasteiger partial charge < -0.3 is 0 Å². The van der Waals surface area contributed by atoms with Crippen LogP contribution in [0.15, 0.2) is 0 Å². The maximum Gasteiger partial charge on any atom is 0.329 e. The van der Waals surface area contributed by atoms with E-state index in [0.29, 0.717) is 13.0 Å². The fourth-order valence-electron chi connectivity index (χ4n) is 1.09. The number of rotatable bonds is 2.